The van der Waals surface area contributed by atoms with Crippen LogP contribution in [0, 0.1) is 0 Å². The first-order chi connectivity index (χ1) is 14.7. The Morgan fingerprint density at radius 1 is 1.13 bits per heavy atom. The van der Waals surface area contributed by atoms with Crippen LogP contribution in [0.1, 0.15) is 55.1 Å². The Kier molecular flexibility index (Phi) is 6.73. The highest BCUT2D eigenvalue weighted by atomic mass is 16.5. The summed E-state index contributed by atoms with van der Waals surface area (Å²) in [4.78, 5) is 14.0. The number of ether oxygens (including phenoxy) is 2. The molecule has 0 aromatic heterocycles. The van der Waals surface area contributed by atoms with Gasteiger partial charge in [-0.1, -0.05) is 32.0 Å². The summed E-state index contributed by atoms with van der Waals surface area (Å²) in [5, 5.41) is 23.1. The van der Waals surface area contributed by atoms with Crippen molar-refractivity contribution in [3.63, 3.8) is 0 Å². The van der Waals surface area contributed by atoms with Crippen LogP contribution in [0.5, 0.6) is 11.5 Å². The van der Waals surface area contributed by atoms with Crippen LogP contribution >= 0.6 is 0 Å². The highest BCUT2D eigenvalue weighted by molar-refractivity contribution is 6.02. The van der Waals surface area contributed by atoms with Gasteiger partial charge in [-0.15, -0.1) is 0 Å². The number of anilines is 1. The smallest absolute Gasteiger partial charge is 0.341 e. The molecule has 7 heteroatoms. The van der Waals surface area contributed by atoms with Crippen LogP contribution in [0.15, 0.2) is 41.6 Å². The topological polar surface area (TPSA) is 91.6 Å². The Hall–Kier alpha value is -3.22. The molecule has 1 aliphatic heterocycles. The molecule has 0 amide bonds. The monoisotopic (exact) mass is 426 g/mol. The van der Waals surface area contributed by atoms with E-state index in [1.165, 1.54) is 43.3 Å². The quantitative estimate of drug-likeness (QED) is 0.309. The van der Waals surface area contributed by atoms with Gasteiger partial charge < -0.3 is 24.7 Å². The molecule has 1 saturated heterocycles. The molecule has 0 aliphatic carbocycles. The van der Waals surface area contributed by atoms with Gasteiger partial charge in [-0.3, -0.25) is 0 Å². The molecule has 0 spiro atoms. The van der Waals surface area contributed by atoms with Gasteiger partial charge in [0.05, 0.1) is 7.11 Å². The molecular formula is C24H30N2O5. The van der Waals surface area contributed by atoms with E-state index in [0.717, 1.165) is 18.7 Å². The predicted octanol–water partition coefficient (Wildman–Crippen LogP) is 4.33. The number of hydrogen-bond acceptors (Lipinski definition) is 7. The summed E-state index contributed by atoms with van der Waals surface area (Å²) >= 11 is 0. The number of oxime groups is 1. The number of nitrogens with zero attached hydrogens (tertiary/aromatic N) is 2. The van der Waals surface area contributed by atoms with Gasteiger partial charge in [0, 0.05) is 30.4 Å². The molecule has 0 bridgehead atoms. The van der Waals surface area contributed by atoms with Gasteiger partial charge in [0.15, 0.2) is 0 Å². The molecule has 0 atom stereocenters. The zero-order valence-corrected chi connectivity index (χ0v) is 18.5. The Balaban J connectivity index is 1.81. The van der Waals surface area contributed by atoms with E-state index in [9.17, 15) is 15.1 Å². The largest absolute Gasteiger partial charge is 0.507 e. The molecule has 0 unspecified atom stereocenters. The highest BCUT2D eigenvalue weighted by Crippen LogP contribution is 2.35. The van der Waals surface area contributed by atoms with Crippen LogP contribution in [-0.4, -0.2) is 48.8 Å². The number of phenols is 1. The molecule has 1 aliphatic rings. The second-order valence-electron chi connectivity index (χ2n) is 8.68. The number of esters is 1. The molecule has 1 fully saturated rings. The van der Waals surface area contributed by atoms with Crippen molar-refractivity contribution in [2.24, 2.45) is 5.16 Å². The maximum absolute atomic E-state index is 11.6. The van der Waals surface area contributed by atoms with E-state index in [2.05, 4.69) is 47.7 Å². The summed E-state index contributed by atoms with van der Waals surface area (Å²) in [5.41, 5.74) is 3.52. The molecule has 166 valence electrons. The number of benzene rings is 2. The summed E-state index contributed by atoms with van der Waals surface area (Å²) in [6, 6.07) is 10.4. The molecule has 0 radical (unpaired) electrons. The third-order valence-electron chi connectivity index (χ3n) is 5.46. The van der Waals surface area contributed by atoms with Crippen molar-refractivity contribution in [2.45, 2.75) is 39.0 Å². The zero-order chi connectivity index (χ0) is 22.6. The number of methoxy groups -OCH3 is 1. The second-order valence-corrected chi connectivity index (χ2v) is 8.68. The van der Waals surface area contributed by atoms with Gasteiger partial charge in [-0.2, -0.15) is 0 Å². The number of hydrogen-bond donors (Lipinski definition) is 2. The number of carbonyl (C=O) groups excluding carboxylic acids is 1. The zero-order valence-electron chi connectivity index (χ0n) is 18.5. The fourth-order valence-corrected chi connectivity index (χ4v) is 3.76. The van der Waals surface area contributed by atoms with Crippen molar-refractivity contribution < 1.29 is 24.6 Å². The van der Waals surface area contributed by atoms with Crippen LogP contribution in [-0.2, 0) is 10.2 Å². The van der Waals surface area contributed by atoms with Crippen molar-refractivity contribution in [2.75, 3.05) is 31.7 Å². The van der Waals surface area contributed by atoms with Crippen molar-refractivity contribution in [3.8, 4) is 11.5 Å². The third kappa shape index (κ3) is 5.10. The van der Waals surface area contributed by atoms with E-state index >= 15 is 0 Å². The summed E-state index contributed by atoms with van der Waals surface area (Å²) in [5.74, 6) is -0.526. The Labute approximate surface area is 182 Å². The van der Waals surface area contributed by atoms with Crippen LogP contribution in [0.25, 0.3) is 0 Å². The number of aromatic hydroxyl groups is 1. The second kappa shape index (κ2) is 9.29. The minimum atomic E-state index is -0.630. The van der Waals surface area contributed by atoms with Crippen LogP contribution in [0.3, 0.4) is 0 Å². The minimum Gasteiger partial charge on any atom is -0.507 e. The van der Waals surface area contributed by atoms with Gasteiger partial charge in [0.25, 0.3) is 0 Å². The average Bonchev–Trinajstić information content (AvgIpc) is 3.28. The van der Waals surface area contributed by atoms with Gasteiger partial charge in [0.1, 0.15) is 29.4 Å². The fourth-order valence-electron chi connectivity index (χ4n) is 3.76. The molecule has 1 heterocycles. The Morgan fingerprint density at radius 3 is 2.42 bits per heavy atom. The molecule has 31 heavy (non-hydrogen) atoms. The lowest BCUT2D eigenvalue weighted by Gasteiger charge is -2.29. The SMILES string of the molecule is COC(=O)c1ccc(OCC(=NO)c2ccc(N3CCCC3)c(C(C)(C)C)c2)cc1O. The maximum atomic E-state index is 11.6. The van der Waals surface area contributed by atoms with Gasteiger partial charge in [-0.05, 0) is 48.1 Å². The van der Waals surface area contributed by atoms with E-state index in [-0.39, 0.29) is 23.3 Å². The predicted molar refractivity (Wildman–Crippen MR) is 120 cm³/mol. The Bertz CT molecular complexity index is 972. The lowest BCUT2D eigenvalue weighted by molar-refractivity contribution is 0.0597. The van der Waals surface area contributed by atoms with Crippen molar-refractivity contribution in [3.05, 3.63) is 53.1 Å². The molecule has 0 saturated carbocycles. The molecular weight excluding hydrogens is 396 g/mol. The lowest BCUT2D eigenvalue weighted by Crippen LogP contribution is -2.24. The third-order valence-corrected chi connectivity index (χ3v) is 5.46. The maximum Gasteiger partial charge on any atom is 0.341 e. The lowest BCUT2D eigenvalue weighted by atomic mass is 9.84. The van der Waals surface area contributed by atoms with Crippen molar-refractivity contribution in [1.82, 2.24) is 0 Å². The van der Waals surface area contributed by atoms with E-state index in [1.807, 2.05) is 6.07 Å². The van der Waals surface area contributed by atoms with Gasteiger partial charge in [-0.25, -0.2) is 4.79 Å². The van der Waals surface area contributed by atoms with Gasteiger partial charge in [0.2, 0.25) is 0 Å². The van der Waals surface area contributed by atoms with E-state index in [0.29, 0.717) is 11.5 Å². The van der Waals surface area contributed by atoms with E-state index in [4.69, 9.17) is 4.74 Å². The summed E-state index contributed by atoms with van der Waals surface area (Å²) in [7, 11) is 1.25. The molecule has 3 rings (SSSR count). The molecule has 2 N–H and O–H groups in total. The molecule has 2 aromatic carbocycles. The fraction of sp³-hybridized carbons (Fsp3) is 0.417. The van der Waals surface area contributed by atoms with Crippen LogP contribution < -0.4 is 9.64 Å². The van der Waals surface area contributed by atoms with E-state index < -0.39 is 5.97 Å². The van der Waals surface area contributed by atoms with Crippen molar-refractivity contribution >= 4 is 17.4 Å². The first-order valence-electron chi connectivity index (χ1n) is 10.4. The highest BCUT2D eigenvalue weighted by Gasteiger charge is 2.24. The summed E-state index contributed by atoms with van der Waals surface area (Å²) in [6.45, 7) is 8.62. The minimum absolute atomic E-state index is 0.000153. The van der Waals surface area contributed by atoms with E-state index in [1.54, 1.807) is 6.07 Å². The summed E-state index contributed by atoms with van der Waals surface area (Å²) in [6.07, 6.45) is 2.40. The van der Waals surface area contributed by atoms with Crippen molar-refractivity contribution in [1.29, 1.82) is 0 Å². The summed E-state index contributed by atoms with van der Waals surface area (Å²) < 4.78 is 10.3. The molecule has 7 nitrogen and oxygen atoms in total. The standard InChI is InChI=1S/C24H30N2O5/c1-24(2,3)19-13-16(7-10-21(19)26-11-5-6-12-26)20(25-29)15-31-17-8-9-18(22(27)14-17)23(28)30-4/h7-10,13-14,27,29H,5-6,11-12,15H2,1-4H3. The average molecular weight is 427 g/mol. The number of rotatable bonds is 6. The Morgan fingerprint density at radius 2 is 1.84 bits per heavy atom. The van der Waals surface area contributed by atoms with Crippen LogP contribution in [0.2, 0.25) is 0 Å². The first kappa shape index (κ1) is 22.5. The normalized spacial score (nSPS) is 14.6. The first-order valence-corrected chi connectivity index (χ1v) is 10.4. The molecule has 2 aromatic rings. The number of phenolic OH excluding ortho intramolecular Hbond substituents is 1. The number of carbonyl (C=O) groups is 1. The van der Waals surface area contributed by atoms with Crippen LogP contribution in [0.4, 0.5) is 5.69 Å². The van der Waals surface area contributed by atoms with Gasteiger partial charge >= 0.3 is 5.97 Å².